The average Bonchev–Trinajstić information content (AvgIpc) is 2.73. The third-order valence-electron chi connectivity index (χ3n) is 4.45. The Morgan fingerprint density at radius 1 is 0.897 bits per heavy atom. The van der Waals surface area contributed by atoms with Crippen LogP contribution >= 0.6 is 22.6 Å². The minimum absolute atomic E-state index is 0.510. The van der Waals surface area contributed by atoms with E-state index in [1.54, 1.807) is 7.11 Å². The van der Waals surface area contributed by atoms with Crippen LogP contribution in [0.5, 0.6) is 17.2 Å². The van der Waals surface area contributed by atoms with Gasteiger partial charge >= 0.3 is 0 Å². The number of benzene rings is 3. The highest BCUT2D eigenvalue weighted by Gasteiger charge is 2.12. The fourth-order valence-electron chi connectivity index (χ4n) is 2.89. The lowest BCUT2D eigenvalue weighted by molar-refractivity contribution is 0.282. The number of nitrogens with one attached hydrogen (secondary N) is 1. The van der Waals surface area contributed by atoms with Gasteiger partial charge in [0.15, 0.2) is 11.5 Å². The van der Waals surface area contributed by atoms with Crippen LogP contribution in [0.15, 0.2) is 60.7 Å². The fraction of sp³-hybridized carbons (Fsp3) is 0.250. The number of rotatable bonds is 9. The van der Waals surface area contributed by atoms with Crippen molar-refractivity contribution in [2.24, 2.45) is 0 Å². The number of ether oxygens (including phenoxy) is 3. The summed E-state index contributed by atoms with van der Waals surface area (Å²) in [7, 11) is 1.67. The van der Waals surface area contributed by atoms with Crippen molar-refractivity contribution in [1.82, 2.24) is 0 Å². The zero-order chi connectivity index (χ0) is 20.6. The quantitative estimate of drug-likeness (QED) is 0.353. The summed E-state index contributed by atoms with van der Waals surface area (Å²) in [6.45, 7) is 5.93. The maximum Gasteiger partial charge on any atom is 0.174 e. The number of aryl methyl sites for hydroxylation is 1. The number of hydrogen-bond donors (Lipinski definition) is 1. The van der Waals surface area contributed by atoms with Gasteiger partial charge in [-0.25, -0.2) is 0 Å². The van der Waals surface area contributed by atoms with Crippen LogP contribution in [0.25, 0.3) is 0 Å². The molecule has 0 atom stereocenters. The topological polar surface area (TPSA) is 39.7 Å². The molecule has 3 rings (SSSR count). The summed E-state index contributed by atoms with van der Waals surface area (Å²) in [4.78, 5) is 0. The first-order chi connectivity index (χ1) is 14.1. The van der Waals surface area contributed by atoms with E-state index in [1.165, 1.54) is 5.56 Å². The molecule has 0 spiro atoms. The third kappa shape index (κ3) is 6.03. The number of halogens is 1. The molecule has 152 valence electrons. The number of hydrogen-bond acceptors (Lipinski definition) is 4. The van der Waals surface area contributed by atoms with Gasteiger partial charge in [-0.1, -0.05) is 29.8 Å². The van der Waals surface area contributed by atoms with E-state index in [1.807, 2.05) is 37.3 Å². The largest absolute Gasteiger partial charge is 0.494 e. The van der Waals surface area contributed by atoms with Crippen molar-refractivity contribution in [2.75, 3.05) is 19.0 Å². The second-order valence-electron chi connectivity index (χ2n) is 6.69. The van der Waals surface area contributed by atoms with Crippen LogP contribution < -0.4 is 19.5 Å². The summed E-state index contributed by atoms with van der Waals surface area (Å²) in [5.74, 6) is 2.40. The molecule has 0 aliphatic carbocycles. The average molecular weight is 503 g/mol. The maximum atomic E-state index is 6.07. The van der Waals surface area contributed by atoms with Gasteiger partial charge in [0.1, 0.15) is 12.4 Å². The molecule has 0 unspecified atom stereocenters. The molecule has 5 heteroatoms. The lowest BCUT2D eigenvalue weighted by Crippen LogP contribution is -2.04. The van der Waals surface area contributed by atoms with Gasteiger partial charge in [0.25, 0.3) is 0 Å². The SMILES string of the molecule is CCOc1ccc(NCc2cc(I)c(OCc3ccc(C)cc3)c(OC)c2)cc1. The van der Waals surface area contributed by atoms with Crippen LogP contribution in [-0.4, -0.2) is 13.7 Å². The number of anilines is 1. The standard InChI is InChI=1S/C24H26INO3/c1-4-28-21-11-9-20(10-12-21)26-15-19-13-22(25)24(23(14-19)27-3)29-16-18-7-5-17(2)6-8-18/h5-14,26H,4,15-16H2,1-3H3. The Morgan fingerprint density at radius 2 is 1.62 bits per heavy atom. The van der Waals surface area contributed by atoms with Crippen LogP contribution in [0, 0.1) is 10.5 Å². The van der Waals surface area contributed by atoms with Crippen molar-refractivity contribution in [3.63, 3.8) is 0 Å². The predicted octanol–water partition coefficient (Wildman–Crippen LogP) is 6.20. The van der Waals surface area contributed by atoms with Crippen LogP contribution in [0.1, 0.15) is 23.6 Å². The van der Waals surface area contributed by atoms with Gasteiger partial charge in [-0.2, -0.15) is 0 Å². The smallest absolute Gasteiger partial charge is 0.174 e. The molecule has 3 aromatic carbocycles. The van der Waals surface area contributed by atoms with Gasteiger partial charge in [0, 0.05) is 12.2 Å². The van der Waals surface area contributed by atoms with Gasteiger partial charge in [0.2, 0.25) is 0 Å². The Balaban J connectivity index is 1.66. The van der Waals surface area contributed by atoms with Gasteiger partial charge < -0.3 is 19.5 Å². The predicted molar refractivity (Wildman–Crippen MR) is 126 cm³/mol. The minimum atomic E-state index is 0.510. The van der Waals surface area contributed by atoms with Crippen LogP contribution in [0.4, 0.5) is 5.69 Å². The highest BCUT2D eigenvalue weighted by Crippen LogP contribution is 2.35. The summed E-state index contributed by atoms with van der Waals surface area (Å²) in [5.41, 5.74) is 4.55. The summed E-state index contributed by atoms with van der Waals surface area (Å²) in [5, 5.41) is 3.44. The second-order valence-corrected chi connectivity index (χ2v) is 7.86. The van der Waals surface area contributed by atoms with E-state index < -0.39 is 0 Å². The molecule has 0 radical (unpaired) electrons. The first-order valence-electron chi connectivity index (χ1n) is 9.60. The number of methoxy groups -OCH3 is 1. The molecule has 0 amide bonds. The normalized spacial score (nSPS) is 10.5. The molecule has 0 aliphatic heterocycles. The maximum absolute atomic E-state index is 6.07. The molecule has 29 heavy (non-hydrogen) atoms. The summed E-state index contributed by atoms with van der Waals surface area (Å²) in [6.07, 6.45) is 0. The van der Waals surface area contributed by atoms with Crippen molar-refractivity contribution in [2.45, 2.75) is 27.0 Å². The molecule has 0 heterocycles. The van der Waals surface area contributed by atoms with E-state index in [-0.39, 0.29) is 0 Å². The molecule has 0 aromatic heterocycles. The van der Waals surface area contributed by atoms with Gasteiger partial charge in [-0.05, 0) is 84.0 Å². The molecule has 1 N–H and O–H groups in total. The zero-order valence-electron chi connectivity index (χ0n) is 17.0. The molecule has 3 aromatic rings. The second kappa shape index (κ2) is 10.4. The molecule has 0 saturated carbocycles. The Kier molecular flexibility index (Phi) is 7.63. The Bertz CT molecular complexity index is 924. The van der Waals surface area contributed by atoms with Crippen molar-refractivity contribution >= 4 is 28.3 Å². The molecule has 0 fully saturated rings. The van der Waals surface area contributed by atoms with E-state index in [0.717, 1.165) is 37.6 Å². The molecular formula is C24H26INO3. The van der Waals surface area contributed by atoms with Crippen LogP contribution in [0.3, 0.4) is 0 Å². The summed E-state index contributed by atoms with van der Waals surface area (Å²) >= 11 is 2.30. The lowest BCUT2D eigenvalue weighted by atomic mass is 10.1. The van der Waals surface area contributed by atoms with Crippen molar-refractivity contribution < 1.29 is 14.2 Å². The minimum Gasteiger partial charge on any atom is -0.494 e. The van der Waals surface area contributed by atoms with E-state index in [4.69, 9.17) is 14.2 Å². The van der Waals surface area contributed by atoms with E-state index in [9.17, 15) is 0 Å². The zero-order valence-corrected chi connectivity index (χ0v) is 19.2. The van der Waals surface area contributed by atoms with Gasteiger partial charge in [0.05, 0.1) is 17.3 Å². The van der Waals surface area contributed by atoms with Gasteiger partial charge in [-0.3, -0.25) is 0 Å². The van der Waals surface area contributed by atoms with Crippen LogP contribution in [0.2, 0.25) is 0 Å². The lowest BCUT2D eigenvalue weighted by Gasteiger charge is -2.15. The van der Waals surface area contributed by atoms with Crippen molar-refractivity contribution in [3.05, 3.63) is 80.9 Å². The summed E-state index contributed by atoms with van der Waals surface area (Å²) < 4.78 is 18.2. The Hall–Kier alpha value is -2.41. The monoisotopic (exact) mass is 503 g/mol. The van der Waals surface area contributed by atoms with E-state index in [0.29, 0.717) is 19.8 Å². The third-order valence-corrected chi connectivity index (χ3v) is 5.26. The molecule has 0 saturated heterocycles. The molecule has 0 bridgehead atoms. The van der Waals surface area contributed by atoms with E-state index in [2.05, 4.69) is 65.2 Å². The van der Waals surface area contributed by atoms with Crippen molar-refractivity contribution in [3.8, 4) is 17.2 Å². The van der Waals surface area contributed by atoms with Crippen LogP contribution in [-0.2, 0) is 13.2 Å². The van der Waals surface area contributed by atoms with E-state index >= 15 is 0 Å². The Morgan fingerprint density at radius 3 is 2.28 bits per heavy atom. The fourth-order valence-corrected chi connectivity index (χ4v) is 3.72. The molecule has 4 nitrogen and oxygen atoms in total. The molecule has 0 aliphatic rings. The summed E-state index contributed by atoms with van der Waals surface area (Å²) in [6, 6.07) is 20.5. The highest BCUT2D eigenvalue weighted by atomic mass is 127. The highest BCUT2D eigenvalue weighted by molar-refractivity contribution is 14.1. The Labute approximate surface area is 186 Å². The van der Waals surface area contributed by atoms with Crippen molar-refractivity contribution in [1.29, 1.82) is 0 Å². The first kappa shape index (κ1) is 21.3. The first-order valence-corrected chi connectivity index (χ1v) is 10.7. The van der Waals surface area contributed by atoms with Gasteiger partial charge in [-0.15, -0.1) is 0 Å². The molecular weight excluding hydrogens is 477 g/mol.